The molecule has 0 amide bonds. The molecule has 7 nitrogen and oxygen atoms in total. The van der Waals surface area contributed by atoms with Crippen molar-refractivity contribution < 1.29 is 34.0 Å². The van der Waals surface area contributed by atoms with Gasteiger partial charge in [-0.2, -0.15) is 0 Å². The third-order valence-corrected chi connectivity index (χ3v) is 3.83. The molecule has 0 saturated carbocycles. The van der Waals surface area contributed by atoms with Gasteiger partial charge in [0.05, 0.1) is 14.2 Å². The maximum absolute atomic E-state index is 11.9. The number of ketones is 1. The minimum Gasteiger partial charge on any atom is -0.508 e. The molecule has 0 aromatic heterocycles. The first-order valence-corrected chi connectivity index (χ1v) is 8.88. The highest BCUT2D eigenvalue weighted by Crippen LogP contribution is 2.28. The summed E-state index contributed by atoms with van der Waals surface area (Å²) < 4.78 is 15.1. The number of methoxy groups -OCH3 is 2. The van der Waals surface area contributed by atoms with Crippen LogP contribution < -0.4 is 9.47 Å². The average Bonchev–Trinajstić information content (AvgIpc) is 2.75. The van der Waals surface area contributed by atoms with Gasteiger partial charge in [0.1, 0.15) is 11.5 Å². The van der Waals surface area contributed by atoms with Gasteiger partial charge in [0.15, 0.2) is 23.9 Å². The van der Waals surface area contributed by atoms with Gasteiger partial charge >= 0.3 is 5.97 Å². The van der Waals surface area contributed by atoms with Crippen molar-refractivity contribution >= 4 is 23.9 Å². The highest BCUT2D eigenvalue weighted by molar-refractivity contribution is 6.02. The summed E-state index contributed by atoms with van der Waals surface area (Å²) in [5.41, 5.74) is 1.43. The number of hydrogen-bond donors (Lipinski definition) is 2. The summed E-state index contributed by atoms with van der Waals surface area (Å²) >= 11 is 0. The number of ether oxygens (including phenoxy) is 3. The third-order valence-electron chi connectivity index (χ3n) is 3.83. The van der Waals surface area contributed by atoms with Crippen molar-refractivity contribution in [1.29, 1.82) is 0 Å². The molecule has 7 heteroatoms. The number of aliphatic hydroxyl groups excluding tert-OH is 1. The van der Waals surface area contributed by atoms with E-state index in [0.29, 0.717) is 17.1 Å². The zero-order valence-corrected chi connectivity index (χ0v) is 16.6. The minimum atomic E-state index is -0.514. The van der Waals surface area contributed by atoms with E-state index in [1.807, 2.05) is 0 Å². The summed E-state index contributed by atoms with van der Waals surface area (Å²) in [6.07, 6.45) is 6.93. The Labute approximate surface area is 174 Å². The maximum atomic E-state index is 11.9. The van der Waals surface area contributed by atoms with Gasteiger partial charge in [-0.1, -0.05) is 30.4 Å². The fraction of sp³-hybridized carbons (Fsp3) is 0.130. The van der Waals surface area contributed by atoms with Crippen LogP contribution >= 0.6 is 0 Å². The van der Waals surface area contributed by atoms with Crippen molar-refractivity contribution in [3.05, 3.63) is 77.6 Å². The van der Waals surface area contributed by atoms with Gasteiger partial charge in [-0.05, 0) is 47.5 Å². The number of aliphatic hydroxyl groups is 1. The van der Waals surface area contributed by atoms with E-state index in [-0.39, 0.29) is 18.1 Å². The van der Waals surface area contributed by atoms with Crippen LogP contribution in [0.15, 0.2) is 66.5 Å². The van der Waals surface area contributed by atoms with Crippen molar-refractivity contribution in [2.75, 3.05) is 20.8 Å². The van der Waals surface area contributed by atoms with E-state index in [9.17, 15) is 19.8 Å². The van der Waals surface area contributed by atoms with Gasteiger partial charge in [-0.3, -0.25) is 4.79 Å². The molecule has 2 aromatic carbocycles. The first-order chi connectivity index (χ1) is 14.4. The fourth-order valence-corrected chi connectivity index (χ4v) is 2.29. The fourth-order valence-electron chi connectivity index (χ4n) is 2.29. The second kappa shape index (κ2) is 11.1. The van der Waals surface area contributed by atoms with Gasteiger partial charge in [0.2, 0.25) is 0 Å². The quantitative estimate of drug-likeness (QED) is 0.281. The zero-order chi connectivity index (χ0) is 21.9. The van der Waals surface area contributed by atoms with Crippen LogP contribution in [0.3, 0.4) is 0 Å². The summed E-state index contributed by atoms with van der Waals surface area (Å²) in [7, 11) is 2.73. The van der Waals surface area contributed by atoms with Crippen LogP contribution in [0, 0.1) is 0 Å². The molecule has 0 radical (unpaired) electrons. The Morgan fingerprint density at radius 2 is 1.60 bits per heavy atom. The van der Waals surface area contributed by atoms with E-state index in [4.69, 9.17) is 9.47 Å². The molecular formula is C23H22O7. The SMILES string of the molecule is COC(=O)COc1ccc(/C=C/C(O)=C/C(=O)/C=C/c2ccc(O)cc2)cc1OC. The zero-order valence-electron chi connectivity index (χ0n) is 16.6. The maximum Gasteiger partial charge on any atom is 0.343 e. The lowest BCUT2D eigenvalue weighted by molar-refractivity contribution is -0.142. The Balaban J connectivity index is 2.01. The number of allylic oxidation sites excluding steroid dienone is 3. The van der Waals surface area contributed by atoms with Crippen LogP contribution in [0.2, 0.25) is 0 Å². The Hall–Kier alpha value is -4.00. The lowest BCUT2D eigenvalue weighted by Crippen LogP contribution is -2.12. The number of hydrogen-bond acceptors (Lipinski definition) is 7. The smallest absolute Gasteiger partial charge is 0.343 e. The normalized spacial score (nSPS) is 11.6. The van der Waals surface area contributed by atoms with E-state index in [2.05, 4.69) is 4.74 Å². The molecule has 0 saturated heterocycles. The summed E-state index contributed by atoms with van der Waals surface area (Å²) in [6, 6.07) is 11.3. The van der Waals surface area contributed by atoms with Crippen molar-refractivity contribution in [1.82, 2.24) is 0 Å². The van der Waals surface area contributed by atoms with Crippen molar-refractivity contribution in [3.63, 3.8) is 0 Å². The molecule has 0 atom stereocenters. The Morgan fingerprint density at radius 1 is 0.933 bits per heavy atom. The minimum absolute atomic E-state index is 0.140. The molecule has 0 spiro atoms. The Kier molecular flexibility index (Phi) is 8.26. The van der Waals surface area contributed by atoms with Crippen LogP contribution in [0.1, 0.15) is 11.1 Å². The molecule has 0 aliphatic carbocycles. The van der Waals surface area contributed by atoms with E-state index in [1.165, 1.54) is 38.5 Å². The highest BCUT2D eigenvalue weighted by atomic mass is 16.6. The Bertz CT molecular complexity index is 970. The van der Waals surface area contributed by atoms with E-state index < -0.39 is 11.8 Å². The van der Waals surface area contributed by atoms with Crippen molar-refractivity contribution in [2.24, 2.45) is 0 Å². The molecule has 0 heterocycles. The van der Waals surface area contributed by atoms with Gasteiger partial charge in [0, 0.05) is 6.08 Å². The van der Waals surface area contributed by atoms with Gasteiger partial charge in [-0.25, -0.2) is 4.79 Å². The predicted octanol–water partition coefficient (Wildman–Crippen LogP) is 3.69. The summed E-state index contributed by atoms with van der Waals surface area (Å²) in [5.74, 6) is -0.220. The van der Waals surface area contributed by atoms with E-state index >= 15 is 0 Å². The summed E-state index contributed by atoms with van der Waals surface area (Å²) in [4.78, 5) is 23.1. The number of benzene rings is 2. The lowest BCUT2D eigenvalue weighted by atomic mass is 10.1. The monoisotopic (exact) mass is 410 g/mol. The molecule has 0 fully saturated rings. The molecule has 30 heavy (non-hydrogen) atoms. The van der Waals surface area contributed by atoms with E-state index in [1.54, 1.807) is 42.5 Å². The van der Waals surface area contributed by atoms with Crippen LogP contribution in [-0.2, 0) is 14.3 Å². The topological polar surface area (TPSA) is 102 Å². The van der Waals surface area contributed by atoms with Crippen LogP contribution in [0.4, 0.5) is 0 Å². The summed E-state index contributed by atoms with van der Waals surface area (Å²) in [5, 5.41) is 19.2. The Morgan fingerprint density at radius 3 is 2.27 bits per heavy atom. The first kappa shape index (κ1) is 22.3. The van der Waals surface area contributed by atoms with Gasteiger partial charge in [0.25, 0.3) is 0 Å². The van der Waals surface area contributed by atoms with Gasteiger partial charge in [-0.15, -0.1) is 0 Å². The first-order valence-electron chi connectivity index (χ1n) is 8.88. The predicted molar refractivity (Wildman–Crippen MR) is 112 cm³/mol. The van der Waals surface area contributed by atoms with Crippen LogP contribution in [0.25, 0.3) is 12.2 Å². The van der Waals surface area contributed by atoms with E-state index in [0.717, 1.165) is 11.6 Å². The van der Waals surface area contributed by atoms with Crippen molar-refractivity contribution in [2.45, 2.75) is 0 Å². The van der Waals surface area contributed by atoms with Crippen molar-refractivity contribution in [3.8, 4) is 17.2 Å². The average molecular weight is 410 g/mol. The number of phenols is 1. The molecule has 0 unspecified atom stereocenters. The molecule has 0 bridgehead atoms. The highest BCUT2D eigenvalue weighted by Gasteiger charge is 2.08. The molecule has 0 aliphatic heterocycles. The van der Waals surface area contributed by atoms with Crippen LogP contribution in [-0.4, -0.2) is 42.8 Å². The number of aromatic hydroxyl groups is 1. The van der Waals surface area contributed by atoms with Crippen LogP contribution in [0.5, 0.6) is 17.2 Å². The number of esters is 1. The summed E-state index contributed by atoms with van der Waals surface area (Å²) in [6.45, 7) is -0.245. The largest absolute Gasteiger partial charge is 0.508 e. The molecule has 156 valence electrons. The second-order valence-electron chi connectivity index (χ2n) is 6.00. The number of carbonyl (C=O) groups excluding carboxylic acids is 2. The number of carbonyl (C=O) groups is 2. The standard InChI is InChI=1S/C23H22O7/c1-28-22-13-17(7-12-21(22)30-15-23(27)29-2)6-11-20(26)14-19(25)10-5-16-3-8-18(24)9-4-16/h3-14,24,26H,15H2,1-2H3/b10-5+,11-6+,20-14-. The molecule has 0 aliphatic rings. The molecular weight excluding hydrogens is 388 g/mol. The van der Waals surface area contributed by atoms with Gasteiger partial charge < -0.3 is 24.4 Å². The molecule has 2 aromatic rings. The molecule has 2 rings (SSSR count). The number of rotatable bonds is 9. The third kappa shape index (κ3) is 7.20. The number of phenolic OH excluding ortho intramolecular Hbond substituents is 1. The second-order valence-corrected chi connectivity index (χ2v) is 6.00. The molecule has 2 N–H and O–H groups in total. The lowest BCUT2D eigenvalue weighted by Gasteiger charge is -2.10.